The molecule has 3 aromatic rings. The first kappa shape index (κ1) is 19.7. The summed E-state index contributed by atoms with van der Waals surface area (Å²) in [6.45, 7) is 0. The first-order chi connectivity index (χ1) is 13.3. The number of ether oxygens (including phenoxy) is 1. The number of hydrogen-bond donors (Lipinski definition) is 1. The van der Waals surface area contributed by atoms with Crippen LogP contribution in [0.15, 0.2) is 57.8 Å². The van der Waals surface area contributed by atoms with Crippen LogP contribution in [-0.2, 0) is 26.0 Å². The highest BCUT2D eigenvalue weighted by Crippen LogP contribution is 2.33. The number of carbonyl (C=O) groups is 1. The number of rotatable bonds is 6. The Labute approximate surface area is 161 Å². The highest BCUT2D eigenvalue weighted by molar-refractivity contribution is 7.89. The molecule has 7 nitrogen and oxygen atoms in total. The van der Waals surface area contributed by atoms with Gasteiger partial charge in [0.05, 0.1) is 18.4 Å². The van der Waals surface area contributed by atoms with E-state index < -0.39 is 21.8 Å². The summed E-state index contributed by atoms with van der Waals surface area (Å²) >= 11 is 0. The second-order valence-electron chi connectivity index (χ2n) is 5.94. The molecule has 9 heteroatoms. The normalized spacial score (nSPS) is 11.4. The van der Waals surface area contributed by atoms with E-state index in [1.807, 2.05) is 0 Å². The van der Waals surface area contributed by atoms with Crippen molar-refractivity contribution >= 4 is 16.0 Å². The molecule has 3 rings (SSSR count). The minimum Gasteiger partial charge on any atom is -0.469 e. The van der Waals surface area contributed by atoms with Gasteiger partial charge in [-0.2, -0.15) is 0 Å². The summed E-state index contributed by atoms with van der Waals surface area (Å²) in [6, 6.07) is 11.5. The molecule has 1 heterocycles. The Kier molecular flexibility index (Phi) is 5.57. The molecular formula is C19H17FN2O5S. The summed E-state index contributed by atoms with van der Waals surface area (Å²) in [5, 5.41) is 5.12. The molecule has 0 amide bonds. The number of methoxy groups -OCH3 is 1. The number of hydrogen-bond acceptors (Lipinski definition) is 6. The number of aromatic nitrogens is 1. The van der Waals surface area contributed by atoms with Crippen LogP contribution in [0.2, 0.25) is 0 Å². The van der Waals surface area contributed by atoms with Crippen LogP contribution in [0.5, 0.6) is 0 Å². The molecule has 0 fully saturated rings. The van der Waals surface area contributed by atoms with E-state index in [-0.39, 0.29) is 17.7 Å². The van der Waals surface area contributed by atoms with Gasteiger partial charge in [-0.15, -0.1) is 0 Å². The van der Waals surface area contributed by atoms with Crippen LogP contribution >= 0.6 is 0 Å². The predicted molar refractivity (Wildman–Crippen MR) is 99.0 cm³/mol. The monoisotopic (exact) mass is 404 g/mol. The first-order valence-electron chi connectivity index (χ1n) is 8.23. The highest BCUT2D eigenvalue weighted by Gasteiger charge is 2.18. The number of esters is 1. The minimum absolute atomic E-state index is 0.0333. The van der Waals surface area contributed by atoms with E-state index in [1.54, 1.807) is 24.3 Å². The van der Waals surface area contributed by atoms with Gasteiger partial charge in [0.2, 0.25) is 10.0 Å². The zero-order valence-electron chi connectivity index (χ0n) is 14.9. The SMILES string of the molecule is COC(=O)CCc1nc(-c2ccc(S(N)(=O)=O)cc2)c(-c2ccc(F)cc2)o1. The van der Waals surface area contributed by atoms with Crippen molar-refractivity contribution in [2.24, 2.45) is 5.14 Å². The molecule has 0 aliphatic carbocycles. The van der Waals surface area contributed by atoms with Gasteiger partial charge in [0.1, 0.15) is 11.5 Å². The largest absolute Gasteiger partial charge is 0.469 e. The minimum atomic E-state index is -3.82. The number of nitrogens with zero attached hydrogens (tertiary/aromatic N) is 1. The molecule has 2 N–H and O–H groups in total. The Morgan fingerprint density at radius 3 is 2.29 bits per heavy atom. The molecule has 0 saturated heterocycles. The molecule has 2 aromatic carbocycles. The molecule has 0 unspecified atom stereocenters. The summed E-state index contributed by atoms with van der Waals surface area (Å²) in [6.07, 6.45) is 0.305. The average molecular weight is 404 g/mol. The number of primary sulfonamides is 1. The van der Waals surface area contributed by atoms with Gasteiger partial charge >= 0.3 is 5.97 Å². The smallest absolute Gasteiger partial charge is 0.306 e. The maximum atomic E-state index is 13.3. The van der Waals surface area contributed by atoms with Crippen LogP contribution in [0, 0.1) is 5.82 Å². The maximum absolute atomic E-state index is 13.3. The van der Waals surface area contributed by atoms with Gasteiger partial charge in [0.25, 0.3) is 0 Å². The molecule has 0 saturated carbocycles. The second-order valence-corrected chi connectivity index (χ2v) is 7.50. The Balaban J connectivity index is 2.03. The number of carbonyl (C=O) groups excluding carboxylic acids is 1. The van der Waals surface area contributed by atoms with E-state index in [4.69, 9.17) is 9.56 Å². The molecule has 1 aromatic heterocycles. The Morgan fingerprint density at radius 2 is 1.71 bits per heavy atom. The van der Waals surface area contributed by atoms with Crippen molar-refractivity contribution < 1.29 is 26.8 Å². The molecule has 0 bridgehead atoms. The molecule has 28 heavy (non-hydrogen) atoms. The number of oxazole rings is 1. The van der Waals surface area contributed by atoms with Gasteiger partial charge in [-0.1, -0.05) is 12.1 Å². The van der Waals surface area contributed by atoms with Gasteiger partial charge < -0.3 is 9.15 Å². The Bertz CT molecular complexity index is 1090. The van der Waals surface area contributed by atoms with Crippen molar-refractivity contribution in [2.45, 2.75) is 17.7 Å². The summed E-state index contributed by atoms with van der Waals surface area (Å²) in [4.78, 5) is 15.8. The lowest BCUT2D eigenvalue weighted by Crippen LogP contribution is -2.11. The van der Waals surface area contributed by atoms with Crippen molar-refractivity contribution in [3.05, 3.63) is 60.2 Å². The predicted octanol–water partition coefficient (Wildman–Crippen LogP) is 2.90. The number of halogens is 1. The molecule has 0 aliphatic heterocycles. The first-order valence-corrected chi connectivity index (χ1v) is 9.78. The van der Waals surface area contributed by atoms with Gasteiger partial charge in [-0.25, -0.2) is 22.9 Å². The van der Waals surface area contributed by atoms with Gasteiger partial charge in [0, 0.05) is 17.5 Å². The fourth-order valence-electron chi connectivity index (χ4n) is 2.58. The van der Waals surface area contributed by atoms with Crippen molar-refractivity contribution in [1.82, 2.24) is 4.98 Å². The van der Waals surface area contributed by atoms with Crippen LogP contribution in [0.25, 0.3) is 22.6 Å². The van der Waals surface area contributed by atoms with E-state index in [0.29, 0.717) is 28.5 Å². The van der Waals surface area contributed by atoms with Crippen molar-refractivity contribution in [1.29, 1.82) is 0 Å². The lowest BCUT2D eigenvalue weighted by atomic mass is 10.1. The molecule has 0 radical (unpaired) electrons. The number of aryl methyl sites for hydroxylation is 1. The van der Waals surface area contributed by atoms with Crippen LogP contribution < -0.4 is 5.14 Å². The summed E-state index contributed by atoms with van der Waals surface area (Å²) in [5.41, 5.74) is 1.61. The lowest BCUT2D eigenvalue weighted by molar-refractivity contribution is -0.140. The summed E-state index contributed by atoms with van der Waals surface area (Å²) in [5.74, 6) is -0.118. The zero-order chi connectivity index (χ0) is 20.3. The Morgan fingerprint density at radius 1 is 1.11 bits per heavy atom. The third-order valence-electron chi connectivity index (χ3n) is 4.00. The van der Waals surface area contributed by atoms with E-state index in [1.165, 1.54) is 31.4 Å². The zero-order valence-corrected chi connectivity index (χ0v) is 15.7. The third-order valence-corrected chi connectivity index (χ3v) is 4.93. The standard InChI is InChI=1S/C19H17FN2O5S/c1-26-17(23)11-10-16-22-18(12-4-8-15(9-5-12)28(21,24)25)19(27-16)13-2-6-14(20)7-3-13/h2-9H,10-11H2,1H3,(H2,21,24,25). The fraction of sp³-hybridized carbons (Fsp3) is 0.158. The number of nitrogens with two attached hydrogens (primary N) is 1. The molecule has 0 aliphatic rings. The summed E-state index contributed by atoms with van der Waals surface area (Å²) in [7, 11) is -2.53. The van der Waals surface area contributed by atoms with Crippen LogP contribution in [0.3, 0.4) is 0 Å². The van der Waals surface area contributed by atoms with Crippen molar-refractivity contribution in [3.8, 4) is 22.6 Å². The maximum Gasteiger partial charge on any atom is 0.306 e. The van der Waals surface area contributed by atoms with Crippen LogP contribution in [0.4, 0.5) is 4.39 Å². The molecule has 0 spiro atoms. The molecule has 0 atom stereocenters. The average Bonchev–Trinajstić information content (AvgIpc) is 3.10. The van der Waals surface area contributed by atoms with Crippen LogP contribution in [-0.4, -0.2) is 26.5 Å². The summed E-state index contributed by atoms with van der Waals surface area (Å²) < 4.78 is 46.6. The molecular weight excluding hydrogens is 387 g/mol. The van der Waals surface area contributed by atoms with E-state index in [0.717, 1.165) is 0 Å². The number of benzene rings is 2. The van der Waals surface area contributed by atoms with Gasteiger partial charge in [-0.05, 0) is 36.4 Å². The fourth-order valence-corrected chi connectivity index (χ4v) is 3.09. The highest BCUT2D eigenvalue weighted by atomic mass is 32.2. The van der Waals surface area contributed by atoms with Gasteiger partial charge in [-0.3, -0.25) is 4.79 Å². The van der Waals surface area contributed by atoms with E-state index >= 15 is 0 Å². The third kappa shape index (κ3) is 4.44. The number of sulfonamides is 1. The van der Waals surface area contributed by atoms with E-state index in [9.17, 15) is 17.6 Å². The molecule has 146 valence electrons. The van der Waals surface area contributed by atoms with Gasteiger partial charge in [0.15, 0.2) is 11.7 Å². The second kappa shape index (κ2) is 7.91. The van der Waals surface area contributed by atoms with Crippen molar-refractivity contribution in [3.63, 3.8) is 0 Å². The van der Waals surface area contributed by atoms with E-state index in [2.05, 4.69) is 9.72 Å². The van der Waals surface area contributed by atoms with Crippen molar-refractivity contribution in [2.75, 3.05) is 7.11 Å². The Hall–Kier alpha value is -3.04. The lowest BCUT2D eigenvalue weighted by Gasteiger charge is -2.03. The van der Waals surface area contributed by atoms with Crippen LogP contribution in [0.1, 0.15) is 12.3 Å². The quantitative estimate of drug-likeness (QED) is 0.632. The topological polar surface area (TPSA) is 112 Å².